The lowest BCUT2D eigenvalue weighted by Gasteiger charge is -2.08. The molecule has 1 aromatic rings. The topological polar surface area (TPSA) is 12.0 Å². The number of rotatable bonds is 1. The SMILES string of the molecule is C.CN/C=C1/C=C\C=C/c2ccccc2S1. The molecule has 16 heavy (non-hydrogen) atoms. The summed E-state index contributed by atoms with van der Waals surface area (Å²) in [6.07, 6.45) is 10.4. The molecule has 1 heterocycles. The quantitative estimate of drug-likeness (QED) is 0.782. The van der Waals surface area contributed by atoms with Crippen LogP contribution in [0.5, 0.6) is 0 Å². The monoisotopic (exact) mass is 231 g/mol. The second-order valence-corrected chi connectivity index (χ2v) is 4.31. The minimum absolute atomic E-state index is 0. The number of thioether (sulfide) groups is 1. The molecule has 0 aliphatic carbocycles. The van der Waals surface area contributed by atoms with Gasteiger partial charge in [-0.1, -0.05) is 55.6 Å². The summed E-state index contributed by atoms with van der Waals surface area (Å²) >= 11 is 1.78. The van der Waals surface area contributed by atoms with E-state index < -0.39 is 0 Å². The molecule has 84 valence electrons. The molecule has 1 N–H and O–H groups in total. The highest BCUT2D eigenvalue weighted by molar-refractivity contribution is 8.03. The van der Waals surface area contributed by atoms with Crippen molar-refractivity contribution in [2.75, 3.05) is 7.05 Å². The van der Waals surface area contributed by atoms with Gasteiger partial charge in [0.2, 0.25) is 0 Å². The maximum absolute atomic E-state index is 3.06. The average Bonchev–Trinajstić information content (AvgIpc) is 2.22. The van der Waals surface area contributed by atoms with E-state index >= 15 is 0 Å². The number of fused-ring (bicyclic) bond motifs is 1. The largest absolute Gasteiger partial charge is 0.393 e. The third-order valence-electron chi connectivity index (χ3n) is 2.08. The predicted octanol–water partition coefficient (Wildman–Crippen LogP) is 4.06. The highest BCUT2D eigenvalue weighted by Gasteiger charge is 2.03. The smallest absolute Gasteiger partial charge is 0.0279 e. The molecule has 1 aliphatic rings. The molecule has 0 bridgehead atoms. The molecule has 2 rings (SSSR count). The second kappa shape index (κ2) is 6.23. The number of hydrogen-bond acceptors (Lipinski definition) is 2. The third-order valence-corrected chi connectivity index (χ3v) is 3.16. The lowest BCUT2D eigenvalue weighted by atomic mass is 10.2. The molecule has 2 heteroatoms. The van der Waals surface area contributed by atoms with Gasteiger partial charge in [-0.05, 0) is 17.7 Å². The molecular formula is C14H17NS. The van der Waals surface area contributed by atoms with E-state index in [9.17, 15) is 0 Å². The summed E-state index contributed by atoms with van der Waals surface area (Å²) in [6, 6.07) is 8.42. The van der Waals surface area contributed by atoms with E-state index in [1.54, 1.807) is 11.8 Å². The summed E-state index contributed by atoms with van der Waals surface area (Å²) in [5.74, 6) is 0. The first kappa shape index (κ1) is 12.7. The number of allylic oxidation sites excluding steroid dienone is 3. The first-order valence-corrected chi connectivity index (χ1v) is 5.71. The van der Waals surface area contributed by atoms with Crippen LogP contribution in [0.25, 0.3) is 6.08 Å². The van der Waals surface area contributed by atoms with Crippen LogP contribution in [0, 0.1) is 0 Å². The fraction of sp³-hybridized carbons (Fsp3) is 0.143. The van der Waals surface area contributed by atoms with Crippen LogP contribution in [0.3, 0.4) is 0 Å². The van der Waals surface area contributed by atoms with Crippen molar-refractivity contribution < 1.29 is 0 Å². The molecule has 0 saturated carbocycles. The molecule has 1 aromatic carbocycles. The van der Waals surface area contributed by atoms with Crippen LogP contribution >= 0.6 is 11.8 Å². The van der Waals surface area contributed by atoms with Crippen LogP contribution < -0.4 is 5.32 Å². The lowest BCUT2D eigenvalue weighted by Crippen LogP contribution is -1.94. The fourth-order valence-corrected chi connectivity index (χ4v) is 2.38. The Morgan fingerprint density at radius 2 is 1.88 bits per heavy atom. The first-order chi connectivity index (χ1) is 7.40. The van der Waals surface area contributed by atoms with Gasteiger partial charge in [0.1, 0.15) is 0 Å². The van der Waals surface area contributed by atoms with Crippen LogP contribution in [0.4, 0.5) is 0 Å². The Labute approximate surface area is 102 Å². The molecule has 0 radical (unpaired) electrons. The van der Waals surface area contributed by atoms with Crippen molar-refractivity contribution in [1.29, 1.82) is 0 Å². The van der Waals surface area contributed by atoms with Gasteiger partial charge in [-0.15, -0.1) is 0 Å². The van der Waals surface area contributed by atoms with Crippen molar-refractivity contribution in [3.63, 3.8) is 0 Å². The van der Waals surface area contributed by atoms with E-state index in [1.165, 1.54) is 15.4 Å². The Hall–Kier alpha value is -1.41. The van der Waals surface area contributed by atoms with Gasteiger partial charge < -0.3 is 5.32 Å². The zero-order chi connectivity index (χ0) is 10.5. The normalized spacial score (nSPS) is 19.9. The van der Waals surface area contributed by atoms with Gasteiger partial charge in [-0.25, -0.2) is 0 Å². The molecule has 0 spiro atoms. The Bertz CT molecular complexity index is 430. The Morgan fingerprint density at radius 3 is 2.69 bits per heavy atom. The fourth-order valence-electron chi connectivity index (χ4n) is 1.40. The Kier molecular flexibility index (Phi) is 4.93. The van der Waals surface area contributed by atoms with E-state index in [1.807, 2.05) is 13.2 Å². The maximum atomic E-state index is 3.06. The van der Waals surface area contributed by atoms with Gasteiger partial charge in [0.25, 0.3) is 0 Å². The summed E-state index contributed by atoms with van der Waals surface area (Å²) in [4.78, 5) is 2.51. The number of benzene rings is 1. The maximum Gasteiger partial charge on any atom is 0.0279 e. The van der Waals surface area contributed by atoms with Crippen molar-refractivity contribution in [3.8, 4) is 0 Å². The Balaban J connectivity index is 0.00000128. The van der Waals surface area contributed by atoms with Gasteiger partial charge in [0.15, 0.2) is 0 Å². The van der Waals surface area contributed by atoms with Crippen LogP contribution in [-0.2, 0) is 0 Å². The second-order valence-electron chi connectivity index (χ2n) is 3.19. The molecule has 0 unspecified atom stereocenters. The van der Waals surface area contributed by atoms with Crippen molar-refractivity contribution in [2.24, 2.45) is 0 Å². The van der Waals surface area contributed by atoms with Crippen LogP contribution in [-0.4, -0.2) is 7.05 Å². The van der Waals surface area contributed by atoms with Crippen molar-refractivity contribution >= 4 is 17.8 Å². The van der Waals surface area contributed by atoms with Crippen molar-refractivity contribution in [1.82, 2.24) is 5.32 Å². The molecule has 1 nitrogen and oxygen atoms in total. The third kappa shape index (κ3) is 3.04. The molecule has 0 fully saturated rings. The van der Waals surface area contributed by atoms with Gasteiger partial charge in [0, 0.05) is 23.0 Å². The zero-order valence-electron chi connectivity index (χ0n) is 8.60. The standard InChI is InChI=1S/C13H13NS.CH4/c1-14-10-12-8-4-2-6-11-7-3-5-9-13(11)15-12;/h2-10,14H,1H3;1H4/b6-2-,8-4-,12-10-;. The van der Waals surface area contributed by atoms with E-state index in [4.69, 9.17) is 0 Å². The van der Waals surface area contributed by atoms with Gasteiger partial charge in [0.05, 0.1) is 0 Å². The van der Waals surface area contributed by atoms with E-state index in [0.29, 0.717) is 0 Å². The molecular weight excluding hydrogens is 214 g/mol. The first-order valence-electron chi connectivity index (χ1n) is 4.89. The lowest BCUT2D eigenvalue weighted by molar-refractivity contribution is 1.10. The molecule has 0 aromatic heterocycles. The summed E-state index contributed by atoms with van der Waals surface area (Å²) in [7, 11) is 1.92. The molecule has 0 atom stereocenters. The van der Waals surface area contributed by atoms with Gasteiger partial charge in [-0.2, -0.15) is 0 Å². The molecule has 1 aliphatic heterocycles. The van der Waals surface area contributed by atoms with E-state index in [2.05, 4.69) is 53.9 Å². The Morgan fingerprint density at radius 1 is 1.12 bits per heavy atom. The van der Waals surface area contributed by atoms with Crippen LogP contribution in [0.15, 0.2) is 58.5 Å². The highest BCUT2D eigenvalue weighted by Crippen LogP contribution is 2.31. The van der Waals surface area contributed by atoms with Crippen LogP contribution in [0.1, 0.15) is 13.0 Å². The summed E-state index contributed by atoms with van der Waals surface area (Å²) in [5, 5.41) is 3.06. The number of nitrogens with one attached hydrogen (secondary N) is 1. The average molecular weight is 231 g/mol. The molecule has 0 amide bonds. The predicted molar refractivity (Wildman–Crippen MR) is 74.3 cm³/mol. The zero-order valence-corrected chi connectivity index (χ0v) is 9.42. The van der Waals surface area contributed by atoms with E-state index in [0.717, 1.165) is 0 Å². The summed E-state index contributed by atoms with van der Waals surface area (Å²) < 4.78 is 0. The molecule has 0 saturated heterocycles. The van der Waals surface area contributed by atoms with Crippen LogP contribution in [0.2, 0.25) is 0 Å². The van der Waals surface area contributed by atoms with Gasteiger partial charge in [-0.3, -0.25) is 0 Å². The summed E-state index contributed by atoms with van der Waals surface area (Å²) in [6.45, 7) is 0. The number of hydrogen-bond donors (Lipinski definition) is 1. The minimum Gasteiger partial charge on any atom is -0.393 e. The minimum atomic E-state index is 0. The highest BCUT2D eigenvalue weighted by atomic mass is 32.2. The van der Waals surface area contributed by atoms with Crippen molar-refractivity contribution in [2.45, 2.75) is 12.3 Å². The van der Waals surface area contributed by atoms with Crippen molar-refractivity contribution in [3.05, 3.63) is 59.2 Å². The summed E-state index contributed by atoms with van der Waals surface area (Å²) in [5.41, 5.74) is 1.27. The van der Waals surface area contributed by atoms with Gasteiger partial charge >= 0.3 is 0 Å². The van der Waals surface area contributed by atoms with E-state index in [-0.39, 0.29) is 7.43 Å².